The van der Waals surface area contributed by atoms with Gasteiger partial charge in [-0.2, -0.15) is 0 Å². The Labute approximate surface area is 113 Å². The Hall–Kier alpha value is -1.30. The summed E-state index contributed by atoms with van der Waals surface area (Å²) in [6.07, 6.45) is 2.28. The van der Waals surface area contributed by atoms with Crippen molar-refractivity contribution in [1.82, 2.24) is 10.2 Å². The summed E-state index contributed by atoms with van der Waals surface area (Å²) in [7, 11) is 0. The van der Waals surface area contributed by atoms with Gasteiger partial charge in [0, 0.05) is 12.6 Å². The second kappa shape index (κ2) is 5.77. The number of nitrogens with zero attached hydrogens (tertiary/aromatic N) is 1. The molecule has 0 radical (unpaired) electrons. The zero-order valence-corrected chi connectivity index (χ0v) is 11.5. The Morgan fingerprint density at radius 2 is 2.05 bits per heavy atom. The van der Waals surface area contributed by atoms with Crippen LogP contribution in [0, 0.1) is 5.92 Å². The van der Waals surface area contributed by atoms with E-state index in [9.17, 15) is 9.59 Å². The van der Waals surface area contributed by atoms with Crippen LogP contribution in [0.5, 0.6) is 0 Å². The first-order chi connectivity index (χ1) is 8.99. The number of hydrogen-bond acceptors (Lipinski definition) is 3. The number of amides is 2. The summed E-state index contributed by atoms with van der Waals surface area (Å²) in [5, 5.41) is 12.0. The first kappa shape index (κ1) is 14.1. The lowest BCUT2D eigenvalue weighted by molar-refractivity contribution is -0.142. The minimum absolute atomic E-state index is 0.0285. The van der Waals surface area contributed by atoms with E-state index in [1.165, 1.54) is 0 Å². The van der Waals surface area contributed by atoms with Crippen molar-refractivity contribution >= 4 is 12.0 Å². The minimum Gasteiger partial charge on any atom is -0.481 e. The van der Waals surface area contributed by atoms with Crippen molar-refractivity contribution < 1.29 is 19.4 Å². The number of morpholine rings is 1. The highest BCUT2D eigenvalue weighted by Gasteiger charge is 2.36. The second-order valence-corrected chi connectivity index (χ2v) is 5.58. The Kier molecular flexibility index (Phi) is 4.29. The molecule has 2 rings (SSSR count). The van der Waals surface area contributed by atoms with Crippen LogP contribution in [0.15, 0.2) is 0 Å². The van der Waals surface area contributed by atoms with Crippen LogP contribution >= 0.6 is 0 Å². The predicted molar refractivity (Wildman–Crippen MR) is 68.9 cm³/mol. The Bertz CT molecular complexity index is 361. The van der Waals surface area contributed by atoms with Crippen LogP contribution in [0.4, 0.5) is 4.79 Å². The SMILES string of the molecule is CC1CN(C(=O)NC2CCCC2C(=O)O)C(C)CO1. The average Bonchev–Trinajstić information content (AvgIpc) is 2.80. The molecule has 2 fully saturated rings. The van der Waals surface area contributed by atoms with Crippen LogP contribution in [0.25, 0.3) is 0 Å². The molecule has 4 atom stereocenters. The quantitative estimate of drug-likeness (QED) is 0.786. The summed E-state index contributed by atoms with van der Waals surface area (Å²) in [4.78, 5) is 25.1. The molecular weight excluding hydrogens is 248 g/mol. The van der Waals surface area contributed by atoms with Crippen LogP contribution in [0.3, 0.4) is 0 Å². The number of rotatable bonds is 2. The standard InChI is InChI=1S/C13H22N2O4/c1-8-7-19-9(2)6-15(8)13(18)14-11-5-3-4-10(11)12(16)17/h8-11H,3-7H2,1-2H3,(H,14,18)(H,16,17). The van der Waals surface area contributed by atoms with Crippen molar-refractivity contribution in [1.29, 1.82) is 0 Å². The largest absolute Gasteiger partial charge is 0.481 e. The molecule has 4 unspecified atom stereocenters. The summed E-state index contributed by atoms with van der Waals surface area (Å²) in [6, 6.07) is -0.378. The fraction of sp³-hybridized carbons (Fsp3) is 0.846. The third-order valence-corrected chi connectivity index (χ3v) is 4.01. The summed E-state index contributed by atoms with van der Waals surface area (Å²) in [5.74, 6) is -1.26. The summed E-state index contributed by atoms with van der Waals surface area (Å²) in [6.45, 7) is 4.95. The van der Waals surface area contributed by atoms with Gasteiger partial charge in [0.15, 0.2) is 0 Å². The van der Waals surface area contributed by atoms with E-state index < -0.39 is 11.9 Å². The van der Waals surface area contributed by atoms with E-state index in [2.05, 4.69) is 5.32 Å². The van der Waals surface area contributed by atoms with Gasteiger partial charge in [0.2, 0.25) is 0 Å². The molecule has 6 heteroatoms. The molecule has 0 bridgehead atoms. The minimum atomic E-state index is -0.814. The summed E-state index contributed by atoms with van der Waals surface area (Å²) < 4.78 is 5.48. The molecule has 1 aliphatic carbocycles. The van der Waals surface area contributed by atoms with Crippen LogP contribution in [-0.2, 0) is 9.53 Å². The van der Waals surface area contributed by atoms with E-state index in [1.807, 2.05) is 13.8 Å². The van der Waals surface area contributed by atoms with Crippen molar-refractivity contribution in [3.8, 4) is 0 Å². The number of hydrogen-bond donors (Lipinski definition) is 2. The van der Waals surface area contributed by atoms with Crippen LogP contribution in [-0.4, -0.2) is 53.3 Å². The molecule has 0 spiro atoms. The topological polar surface area (TPSA) is 78.9 Å². The molecule has 1 aliphatic heterocycles. The van der Waals surface area contributed by atoms with Crippen molar-refractivity contribution in [3.63, 3.8) is 0 Å². The number of carboxylic acid groups (broad SMARTS) is 1. The molecule has 0 aromatic carbocycles. The maximum Gasteiger partial charge on any atom is 0.318 e. The lowest BCUT2D eigenvalue weighted by Gasteiger charge is -2.37. The molecule has 2 N–H and O–H groups in total. The Morgan fingerprint density at radius 3 is 2.74 bits per heavy atom. The second-order valence-electron chi connectivity index (χ2n) is 5.58. The highest BCUT2D eigenvalue weighted by molar-refractivity contribution is 5.77. The molecule has 2 aliphatic rings. The zero-order valence-electron chi connectivity index (χ0n) is 11.5. The van der Waals surface area contributed by atoms with Gasteiger partial charge < -0.3 is 20.1 Å². The molecule has 1 heterocycles. The highest BCUT2D eigenvalue weighted by atomic mass is 16.5. The number of carbonyl (C=O) groups excluding carboxylic acids is 1. The number of ether oxygens (including phenoxy) is 1. The molecule has 1 saturated carbocycles. The van der Waals surface area contributed by atoms with Crippen molar-refractivity contribution in [2.24, 2.45) is 5.92 Å². The lowest BCUT2D eigenvalue weighted by atomic mass is 10.0. The smallest absolute Gasteiger partial charge is 0.318 e. The first-order valence-electron chi connectivity index (χ1n) is 6.90. The predicted octanol–water partition coefficient (Wildman–Crippen LogP) is 1.06. The molecular formula is C13H22N2O4. The van der Waals surface area contributed by atoms with Gasteiger partial charge in [0.25, 0.3) is 0 Å². The van der Waals surface area contributed by atoms with Gasteiger partial charge in [-0.05, 0) is 26.7 Å². The Morgan fingerprint density at radius 1 is 1.32 bits per heavy atom. The number of carbonyl (C=O) groups is 2. The number of aliphatic carboxylic acids is 1. The van der Waals surface area contributed by atoms with Crippen molar-refractivity contribution in [2.45, 2.75) is 51.3 Å². The maximum atomic E-state index is 12.2. The summed E-state index contributed by atoms with van der Waals surface area (Å²) >= 11 is 0. The van der Waals surface area contributed by atoms with Crippen molar-refractivity contribution in [2.75, 3.05) is 13.2 Å². The molecule has 6 nitrogen and oxygen atoms in total. The average molecular weight is 270 g/mol. The summed E-state index contributed by atoms with van der Waals surface area (Å²) in [5.41, 5.74) is 0. The third-order valence-electron chi connectivity index (χ3n) is 4.01. The molecule has 1 saturated heterocycles. The fourth-order valence-electron chi connectivity index (χ4n) is 2.86. The van der Waals surface area contributed by atoms with E-state index in [1.54, 1.807) is 4.90 Å². The third kappa shape index (κ3) is 3.18. The zero-order chi connectivity index (χ0) is 14.0. The lowest BCUT2D eigenvalue weighted by Crippen LogP contribution is -2.56. The first-order valence-corrected chi connectivity index (χ1v) is 6.90. The van der Waals surface area contributed by atoms with Crippen LogP contribution in [0.2, 0.25) is 0 Å². The van der Waals surface area contributed by atoms with E-state index in [0.29, 0.717) is 19.6 Å². The molecule has 0 aromatic heterocycles. The Balaban J connectivity index is 1.94. The normalized spacial score (nSPS) is 35.2. The van der Waals surface area contributed by atoms with Crippen LogP contribution in [0.1, 0.15) is 33.1 Å². The molecule has 19 heavy (non-hydrogen) atoms. The number of nitrogens with one attached hydrogen (secondary N) is 1. The monoisotopic (exact) mass is 270 g/mol. The van der Waals surface area contributed by atoms with Gasteiger partial charge >= 0.3 is 12.0 Å². The van der Waals surface area contributed by atoms with Gasteiger partial charge in [-0.25, -0.2) is 4.79 Å². The van der Waals surface area contributed by atoms with Gasteiger partial charge in [-0.15, -0.1) is 0 Å². The molecule has 0 aromatic rings. The molecule has 2 amide bonds. The van der Waals surface area contributed by atoms with E-state index in [0.717, 1.165) is 12.8 Å². The number of urea groups is 1. The highest BCUT2D eigenvalue weighted by Crippen LogP contribution is 2.26. The van der Waals surface area contributed by atoms with Crippen molar-refractivity contribution in [3.05, 3.63) is 0 Å². The fourth-order valence-corrected chi connectivity index (χ4v) is 2.86. The van der Waals surface area contributed by atoms with E-state index in [4.69, 9.17) is 9.84 Å². The van der Waals surface area contributed by atoms with Gasteiger partial charge in [-0.1, -0.05) is 6.42 Å². The van der Waals surface area contributed by atoms with Crippen LogP contribution < -0.4 is 5.32 Å². The van der Waals surface area contributed by atoms with Gasteiger partial charge in [0.05, 0.1) is 24.7 Å². The van der Waals surface area contributed by atoms with Gasteiger partial charge in [-0.3, -0.25) is 4.79 Å². The molecule has 108 valence electrons. The van der Waals surface area contributed by atoms with E-state index in [-0.39, 0.29) is 24.2 Å². The maximum absolute atomic E-state index is 12.2. The number of carboxylic acids is 1. The van der Waals surface area contributed by atoms with Gasteiger partial charge in [0.1, 0.15) is 0 Å². The van der Waals surface area contributed by atoms with E-state index >= 15 is 0 Å².